The molecule has 0 spiro atoms. The minimum absolute atomic E-state index is 0.0370. The predicted molar refractivity (Wildman–Crippen MR) is 89.0 cm³/mol. The zero-order valence-electron chi connectivity index (χ0n) is 13.8. The zero-order chi connectivity index (χ0) is 18.1. The van der Waals surface area contributed by atoms with Crippen molar-refractivity contribution in [3.05, 3.63) is 47.0 Å². The van der Waals surface area contributed by atoms with Crippen LogP contribution < -0.4 is 19.5 Å². The van der Waals surface area contributed by atoms with Crippen molar-refractivity contribution >= 4 is 23.2 Å². The third kappa shape index (κ3) is 2.88. The fourth-order valence-corrected chi connectivity index (χ4v) is 2.71. The number of carbonyl (C=O) groups excluding carboxylic acids is 1. The van der Waals surface area contributed by atoms with Gasteiger partial charge < -0.3 is 19.5 Å². The van der Waals surface area contributed by atoms with Crippen molar-refractivity contribution in [3.8, 4) is 17.2 Å². The molecule has 1 amide bonds. The molecule has 130 valence electrons. The normalized spacial score (nSPS) is 14.3. The van der Waals surface area contributed by atoms with E-state index in [1.807, 2.05) is 0 Å². The first kappa shape index (κ1) is 16.8. The fraction of sp³-hybridized carbons (Fsp3) is 0.167. The lowest BCUT2D eigenvalue weighted by Crippen LogP contribution is -2.04. The lowest BCUT2D eigenvalue weighted by molar-refractivity contribution is -0.110. The molecule has 7 heteroatoms. The Morgan fingerprint density at radius 2 is 1.60 bits per heavy atom. The van der Waals surface area contributed by atoms with Crippen molar-refractivity contribution in [1.82, 2.24) is 0 Å². The average molecular weight is 347 g/mol. The highest BCUT2D eigenvalue weighted by molar-refractivity contribution is 6.35. The summed E-state index contributed by atoms with van der Waals surface area (Å²) in [5, 5.41) is 2.41. The Morgan fingerprint density at radius 3 is 2.16 bits per heavy atom. The summed E-state index contributed by atoms with van der Waals surface area (Å²) in [4.78, 5) is 12.2. The van der Waals surface area contributed by atoms with Crippen LogP contribution in [0.4, 0.5) is 14.5 Å². The van der Waals surface area contributed by atoms with E-state index < -0.39 is 17.5 Å². The Labute approximate surface area is 142 Å². The highest BCUT2D eigenvalue weighted by Gasteiger charge is 2.28. The molecule has 2 aromatic carbocycles. The summed E-state index contributed by atoms with van der Waals surface area (Å²) < 4.78 is 43.1. The summed E-state index contributed by atoms with van der Waals surface area (Å²) >= 11 is 0. The second kappa shape index (κ2) is 6.43. The number of halogens is 2. The van der Waals surface area contributed by atoms with E-state index in [0.717, 1.165) is 12.1 Å². The van der Waals surface area contributed by atoms with Crippen LogP contribution in [-0.4, -0.2) is 27.2 Å². The quantitative estimate of drug-likeness (QED) is 0.861. The monoisotopic (exact) mass is 347 g/mol. The van der Waals surface area contributed by atoms with E-state index in [1.165, 1.54) is 27.4 Å². The second-order valence-corrected chi connectivity index (χ2v) is 5.28. The molecular formula is C18H15F2NO4. The van der Waals surface area contributed by atoms with Gasteiger partial charge in [-0.2, -0.15) is 0 Å². The van der Waals surface area contributed by atoms with Gasteiger partial charge in [0.1, 0.15) is 11.6 Å². The SMILES string of the molecule is COc1cc(/C=C2\C(=O)Nc3c(F)cc(F)cc32)cc(OC)c1OC. The van der Waals surface area contributed by atoms with E-state index in [1.54, 1.807) is 12.1 Å². The average Bonchev–Trinajstić information content (AvgIpc) is 2.90. The van der Waals surface area contributed by atoms with Crippen LogP contribution in [-0.2, 0) is 4.79 Å². The standard InChI is InChI=1S/C18H15F2NO4/c1-23-14-5-9(6-15(24-2)17(14)25-3)4-12-11-7-10(19)8-13(20)16(11)21-18(12)22/h4-8H,1-3H3,(H,21,22)/b12-4-. The smallest absolute Gasteiger partial charge is 0.256 e. The summed E-state index contributed by atoms with van der Waals surface area (Å²) in [6.07, 6.45) is 1.50. The first-order valence-corrected chi connectivity index (χ1v) is 7.31. The third-order valence-electron chi connectivity index (χ3n) is 3.83. The lowest BCUT2D eigenvalue weighted by Gasteiger charge is -2.13. The van der Waals surface area contributed by atoms with Crippen LogP contribution in [0.1, 0.15) is 11.1 Å². The van der Waals surface area contributed by atoms with Crippen molar-refractivity contribution in [2.45, 2.75) is 0 Å². The minimum Gasteiger partial charge on any atom is -0.493 e. The van der Waals surface area contributed by atoms with Gasteiger partial charge in [-0.25, -0.2) is 8.78 Å². The van der Waals surface area contributed by atoms with Crippen molar-refractivity contribution in [2.24, 2.45) is 0 Å². The molecule has 0 fully saturated rings. The van der Waals surface area contributed by atoms with Gasteiger partial charge in [0.25, 0.3) is 5.91 Å². The minimum atomic E-state index is -0.823. The molecular weight excluding hydrogens is 332 g/mol. The fourth-order valence-electron chi connectivity index (χ4n) is 2.71. The van der Waals surface area contributed by atoms with E-state index in [0.29, 0.717) is 22.8 Å². The van der Waals surface area contributed by atoms with Crippen LogP contribution in [0.25, 0.3) is 11.6 Å². The molecule has 1 aliphatic heterocycles. The molecule has 2 aromatic rings. The third-order valence-corrected chi connectivity index (χ3v) is 3.83. The number of methoxy groups -OCH3 is 3. The number of nitrogens with one attached hydrogen (secondary N) is 1. The van der Waals surface area contributed by atoms with Gasteiger partial charge in [0.05, 0.1) is 27.0 Å². The van der Waals surface area contributed by atoms with Crippen LogP contribution >= 0.6 is 0 Å². The first-order valence-electron chi connectivity index (χ1n) is 7.31. The van der Waals surface area contributed by atoms with Gasteiger partial charge in [-0.15, -0.1) is 0 Å². The molecule has 0 saturated carbocycles. The van der Waals surface area contributed by atoms with Crippen molar-refractivity contribution in [1.29, 1.82) is 0 Å². The topological polar surface area (TPSA) is 56.8 Å². The highest BCUT2D eigenvalue weighted by atomic mass is 19.1. The van der Waals surface area contributed by atoms with Crippen LogP contribution in [0.3, 0.4) is 0 Å². The second-order valence-electron chi connectivity index (χ2n) is 5.28. The Morgan fingerprint density at radius 1 is 0.960 bits per heavy atom. The number of benzene rings is 2. The summed E-state index contributed by atoms with van der Waals surface area (Å²) in [7, 11) is 4.41. The number of hydrogen-bond acceptors (Lipinski definition) is 4. The molecule has 0 atom stereocenters. The van der Waals surface area contributed by atoms with Crippen LogP contribution in [0.2, 0.25) is 0 Å². The van der Waals surface area contributed by atoms with Crippen LogP contribution in [0.5, 0.6) is 17.2 Å². The number of ether oxygens (including phenoxy) is 3. The Hall–Kier alpha value is -3.09. The molecule has 0 unspecified atom stereocenters. The number of carbonyl (C=O) groups is 1. The number of rotatable bonds is 4. The molecule has 0 bridgehead atoms. The first-order chi connectivity index (χ1) is 12.0. The van der Waals surface area contributed by atoms with Gasteiger partial charge in [0.2, 0.25) is 5.75 Å². The molecule has 0 aromatic heterocycles. The van der Waals surface area contributed by atoms with E-state index in [-0.39, 0.29) is 16.8 Å². The summed E-state index contributed by atoms with van der Waals surface area (Å²) in [6, 6.07) is 5.10. The largest absolute Gasteiger partial charge is 0.493 e. The summed E-state index contributed by atoms with van der Waals surface area (Å²) in [5.74, 6) is -0.899. The molecule has 1 heterocycles. The number of amides is 1. The van der Waals surface area contributed by atoms with Gasteiger partial charge in [-0.1, -0.05) is 0 Å². The van der Waals surface area contributed by atoms with Gasteiger partial charge in [-0.05, 0) is 29.8 Å². The van der Waals surface area contributed by atoms with Crippen LogP contribution in [0.15, 0.2) is 24.3 Å². The molecule has 5 nitrogen and oxygen atoms in total. The van der Waals surface area contributed by atoms with E-state index in [4.69, 9.17) is 14.2 Å². The Balaban J connectivity index is 2.15. The molecule has 1 aliphatic rings. The predicted octanol–water partition coefficient (Wildman–Crippen LogP) is 3.48. The molecule has 0 saturated heterocycles. The maximum Gasteiger partial charge on any atom is 0.256 e. The van der Waals surface area contributed by atoms with Crippen molar-refractivity contribution in [3.63, 3.8) is 0 Å². The number of hydrogen-bond donors (Lipinski definition) is 1. The molecule has 3 rings (SSSR count). The molecule has 1 N–H and O–H groups in total. The molecule has 0 radical (unpaired) electrons. The maximum atomic E-state index is 13.8. The summed E-state index contributed by atoms with van der Waals surface area (Å²) in [5.41, 5.74) is 0.821. The van der Waals surface area contributed by atoms with Gasteiger partial charge >= 0.3 is 0 Å². The number of fused-ring (bicyclic) bond motifs is 1. The maximum absolute atomic E-state index is 13.8. The summed E-state index contributed by atoms with van der Waals surface area (Å²) in [6.45, 7) is 0. The van der Waals surface area contributed by atoms with Crippen molar-refractivity contribution < 1.29 is 27.8 Å². The van der Waals surface area contributed by atoms with Crippen molar-refractivity contribution in [2.75, 3.05) is 26.6 Å². The Bertz CT molecular complexity index is 868. The van der Waals surface area contributed by atoms with E-state index in [2.05, 4.69) is 5.32 Å². The van der Waals surface area contributed by atoms with E-state index in [9.17, 15) is 13.6 Å². The van der Waals surface area contributed by atoms with Gasteiger partial charge in [-0.3, -0.25) is 4.79 Å². The lowest BCUT2D eigenvalue weighted by atomic mass is 10.0. The van der Waals surface area contributed by atoms with Crippen LogP contribution in [0, 0.1) is 11.6 Å². The Kier molecular flexibility index (Phi) is 4.31. The number of anilines is 1. The zero-order valence-corrected chi connectivity index (χ0v) is 13.8. The highest BCUT2D eigenvalue weighted by Crippen LogP contribution is 2.41. The molecule has 0 aliphatic carbocycles. The van der Waals surface area contributed by atoms with Gasteiger partial charge in [0, 0.05) is 17.2 Å². The molecule has 25 heavy (non-hydrogen) atoms. The van der Waals surface area contributed by atoms with E-state index >= 15 is 0 Å². The van der Waals surface area contributed by atoms with Gasteiger partial charge in [0.15, 0.2) is 11.5 Å².